The summed E-state index contributed by atoms with van der Waals surface area (Å²) in [5, 5.41) is 3.84. The van der Waals surface area contributed by atoms with E-state index in [4.69, 9.17) is 0 Å². The molecule has 1 aliphatic rings. The first-order valence-electron chi connectivity index (χ1n) is 4.28. The quantitative estimate of drug-likeness (QED) is 0.539. The largest absolute Gasteiger partial charge is 0.315 e. The molecule has 1 fully saturated rings. The first kappa shape index (κ1) is 9.44. The summed E-state index contributed by atoms with van der Waals surface area (Å²) in [6.07, 6.45) is 1.27. The van der Waals surface area contributed by atoms with Gasteiger partial charge in [0.05, 0.1) is 0 Å². The monoisotopic (exact) mass is 174 g/mol. The van der Waals surface area contributed by atoms with Crippen LogP contribution in [0.25, 0.3) is 0 Å². The second-order valence-electron chi connectivity index (χ2n) is 3.88. The highest BCUT2D eigenvalue weighted by Gasteiger charge is 2.19. The van der Waals surface area contributed by atoms with Crippen molar-refractivity contribution in [3.63, 3.8) is 0 Å². The average Bonchev–Trinajstić information content (AvgIpc) is 1.92. The fraction of sp³-hybridized carbons (Fsp3) is 1.00. The lowest BCUT2D eigenvalue weighted by Crippen LogP contribution is -2.42. The molecule has 0 aromatic heterocycles. The highest BCUT2D eigenvalue weighted by molar-refractivity contribution is 7.19. The first-order chi connectivity index (χ1) is 5.10. The van der Waals surface area contributed by atoms with E-state index in [2.05, 4.69) is 33.4 Å². The van der Waals surface area contributed by atoms with Crippen molar-refractivity contribution in [3.8, 4) is 0 Å². The van der Waals surface area contributed by atoms with E-state index in [9.17, 15) is 0 Å². The summed E-state index contributed by atoms with van der Waals surface area (Å²) in [5.41, 5.74) is 0. The molecule has 0 bridgehead atoms. The van der Waals surface area contributed by atoms with Crippen LogP contribution < -0.4 is 5.32 Å². The van der Waals surface area contributed by atoms with Gasteiger partial charge in [-0.2, -0.15) is 0 Å². The van der Waals surface area contributed by atoms with E-state index >= 15 is 0 Å². The third-order valence-corrected chi connectivity index (χ3v) is 2.76. The Labute approximate surface area is 71.9 Å². The van der Waals surface area contributed by atoms with E-state index in [-0.39, 0.29) is 0 Å². The van der Waals surface area contributed by atoms with E-state index in [1.165, 1.54) is 19.5 Å². The molecule has 1 N–H and O–H groups in total. The molecule has 1 heterocycles. The summed E-state index contributed by atoms with van der Waals surface area (Å²) in [7, 11) is 5.14. The van der Waals surface area contributed by atoms with Crippen molar-refractivity contribution in [1.82, 2.24) is 10.2 Å². The zero-order chi connectivity index (χ0) is 8.32. The van der Waals surface area contributed by atoms with Crippen LogP contribution in [0.2, 0.25) is 0 Å². The highest BCUT2D eigenvalue weighted by atomic mass is 31.0. The molecule has 0 aromatic rings. The Morgan fingerprint density at radius 2 is 2.18 bits per heavy atom. The number of nitrogens with one attached hydrogen (secondary N) is 1. The van der Waals surface area contributed by atoms with Crippen LogP contribution >= 0.6 is 9.24 Å². The molecule has 1 saturated heterocycles. The Morgan fingerprint density at radius 1 is 1.45 bits per heavy atom. The van der Waals surface area contributed by atoms with Crippen molar-refractivity contribution >= 4 is 9.24 Å². The summed E-state index contributed by atoms with van der Waals surface area (Å²) in [5.74, 6) is 0. The molecule has 2 nitrogen and oxygen atoms in total. The fourth-order valence-electron chi connectivity index (χ4n) is 1.29. The maximum Gasteiger partial charge on any atom is 0.0104 e. The smallest absolute Gasteiger partial charge is 0.0104 e. The van der Waals surface area contributed by atoms with E-state index in [1.54, 1.807) is 0 Å². The zero-order valence-electron chi connectivity index (χ0n) is 7.56. The van der Waals surface area contributed by atoms with Crippen molar-refractivity contribution in [1.29, 1.82) is 0 Å². The Kier molecular flexibility index (Phi) is 3.29. The van der Waals surface area contributed by atoms with Gasteiger partial charge in [-0.15, -0.1) is 9.24 Å². The third kappa shape index (κ3) is 3.50. The van der Waals surface area contributed by atoms with Gasteiger partial charge in [0, 0.05) is 19.6 Å². The number of hydrogen-bond donors (Lipinski definition) is 1. The minimum atomic E-state index is 0.398. The fourth-order valence-corrected chi connectivity index (χ4v) is 1.56. The molecule has 3 heteroatoms. The van der Waals surface area contributed by atoms with Gasteiger partial charge in [-0.3, -0.25) is 0 Å². The molecule has 0 spiro atoms. The molecular formula is C8H19N2P. The lowest BCUT2D eigenvalue weighted by atomic mass is 10.1. The highest BCUT2D eigenvalue weighted by Crippen LogP contribution is 2.21. The number of likely N-dealkylation sites (N-methyl/N-ethyl adjacent to an activating group) is 1. The minimum absolute atomic E-state index is 0.398. The first-order valence-corrected chi connectivity index (χ1v) is 4.86. The van der Waals surface area contributed by atoms with Gasteiger partial charge in [-0.05, 0) is 25.2 Å². The summed E-state index contributed by atoms with van der Waals surface area (Å²) >= 11 is 0. The Bertz CT molecular complexity index is 125. The van der Waals surface area contributed by atoms with Gasteiger partial charge in [0.2, 0.25) is 0 Å². The lowest BCUT2D eigenvalue weighted by Gasteiger charge is -2.31. The van der Waals surface area contributed by atoms with Gasteiger partial charge in [-0.1, -0.05) is 6.92 Å². The summed E-state index contributed by atoms with van der Waals surface area (Å²) in [6.45, 7) is 6.96. The number of rotatable bonds is 0. The van der Waals surface area contributed by atoms with Crippen LogP contribution in [0.15, 0.2) is 0 Å². The van der Waals surface area contributed by atoms with Gasteiger partial charge in [0.1, 0.15) is 0 Å². The molecule has 0 aliphatic carbocycles. The maximum atomic E-state index is 3.45. The van der Waals surface area contributed by atoms with E-state index in [0.29, 0.717) is 5.16 Å². The van der Waals surface area contributed by atoms with Crippen LogP contribution in [0, 0.1) is 0 Å². The molecule has 1 aliphatic heterocycles. The van der Waals surface area contributed by atoms with Crippen LogP contribution in [0.4, 0.5) is 0 Å². The van der Waals surface area contributed by atoms with Crippen LogP contribution in [0.1, 0.15) is 13.3 Å². The van der Waals surface area contributed by atoms with Gasteiger partial charge < -0.3 is 10.2 Å². The molecule has 0 saturated carbocycles. The predicted octanol–water partition coefficient (Wildman–Crippen LogP) is 0.545. The van der Waals surface area contributed by atoms with Crippen LogP contribution in [-0.4, -0.2) is 43.3 Å². The standard InChI is InChI=1S/C8H19N2P/c1-8(11)3-5-10(2)6-4-9-7-8/h9H,3-7,11H2,1-2H3. The predicted molar refractivity (Wildman–Crippen MR) is 53.1 cm³/mol. The molecular weight excluding hydrogens is 155 g/mol. The average molecular weight is 174 g/mol. The van der Waals surface area contributed by atoms with Crippen molar-refractivity contribution in [2.24, 2.45) is 0 Å². The summed E-state index contributed by atoms with van der Waals surface area (Å²) in [4.78, 5) is 2.38. The summed E-state index contributed by atoms with van der Waals surface area (Å²) in [6, 6.07) is 0. The van der Waals surface area contributed by atoms with E-state index < -0.39 is 0 Å². The van der Waals surface area contributed by atoms with Gasteiger partial charge in [0.25, 0.3) is 0 Å². The molecule has 0 radical (unpaired) electrons. The molecule has 0 aromatic carbocycles. The second-order valence-corrected chi connectivity index (χ2v) is 5.28. The Balaban J connectivity index is 2.38. The molecule has 66 valence electrons. The SMILES string of the molecule is CN1CCNCC(C)(P)CC1. The molecule has 0 amide bonds. The van der Waals surface area contributed by atoms with Crippen LogP contribution in [0.3, 0.4) is 0 Å². The zero-order valence-corrected chi connectivity index (χ0v) is 8.71. The van der Waals surface area contributed by atoms with Gasteiger partial charge >= 0.3 is 0 Å². The van der Waals surface area contributed by atoms with Gasteiger partial charge in [-0.25, -0.2) is 0 Å². The minimum Gasteiger partial charge on any atom is -0.315 e. The maximum absolute atomic E-state index is 3.45. The van der Waals surface area contributed by atoms with Crippen LogP contribution in [-0.2, 0) is 0 Å². The van der Waals surface area contributed by atoms with Crippen molar-refractivity contribution in [2.45, 2.75) is 18.5 Å². The lowest BCUT2D eigenvalue weighted by molar-refractivity contribution is 0.287. The Morgan fingerprint density at radius 3 is 2.91 bits per heavy atom. The second kappa shape index (κ2) is 3.84. The molecule has 2 atom stereocenters. The summed E-state index contributed by atoms with van der Waals surface area (Å²) < 4.78 is 0. The van der Waals surface area contributed by atoms with Gasteiger partial charge in [0.15, 0.2) is 0 Å². The number of hydrogen-bond acceptors (Lipinski definition) is 2. The third-order valence-electron chi connectivity index (χ3n) is 2.26. The van der Waals surface area contributed by atoms with Crippen molar-refractivity contribution in [2.75, 3.05) is 33.2 Å². The van der Waals surface area contributed by atoms with Crippen molar-refractivity contribution < 1.29 is 0 Å². The number of nitrogens with zero attached hydrogens (tertiary/aromatic N) is 1. The molecule has 1 rings (SSSR count). The van der Waals surface area contributed by atoms with Crippen molar-refractivity contribution in [3.05, 3.63) is 0 Å². The van der Waals surface area contributed by atoms with E-state index in [0.717, 1.165) is 13.1 Å². The van der Waals surface area contributed by atoms with Crippen LogP contribution in [0.5, 0.6) is 0 Å². The normalized spacial score (nSPS) is 36.3. The Hall–Kier alpha value is 0.350. The topological polar surface area (TPSA) is 15.3 Å². The molecule has 11 heavy (non-hydrogen) atoms. The van der Waals surface area contributed by atoms with E-state index in [1.807, 2.05) is 0 Å². The molecule has 2 unspecified atom stereocenters.